The lowest BCUT2D eigenvalue weighted by Gasteiger charge is -2.57. The molecule has 2 nitrogen and oxygen atoms in total. The van der Waals surface area contributed by atoms with Crippen molar-refractivity contribution in [1.29, 1.82) is 0 Å². The molecule has 4 aliphatic rings. The lowest BCUT2D eigenvalue weighted by molar-refractivity contribution is -0.139. The van der Waals surface area contributed by atoms with Crippen LogP contribution >= 0.6 is 0 Å². The zero-order chi connectivity index (χ0) is 8.34. The first-order chi connectivity index (χ1) is 5.67. The molecule has 0 saturated heterocycles. The van der Waals surface area contributed by atoms with E-state index in [1.807, 2.05) is 0 Å². The van der Waals surface area contributed by atoms with Crippen LogP contribution in [0.15, 0.2) is 0 Å². The Labute approximate surface area is 73.1 Å². The summed E-state index contributed by atoms with van der Waals surface area (Å²) in [5.41, 5.74) is 5.59. The molecule has 4 saturated carbocycles. The molecular weight excluding hydrogens is 150 g/mol. The third kappa shape index (κ3) is 0.775. The van der Waals surface area contributed by atoms with Gasteiger partial charge in [0.2, 0.25) is 0 Å². The Bertz CT molecular complexity index is 202. The van der Waals surface area contributed by atoms with Crippen molar-refractivity contribution in [2.45, 2.75) is 43.7 Å². The molecule has 4 bridgehead atoms. The maximum atomic E-state index is 10.2. The lowest BCUT2D eigenvalue weighted by Crippen LogP contribution is -2.63. The fourth-order valence-electron chi connectivity index (χ4n) is 4.04. The van der Waals surface area contributed by atoms with Crippen molar-refractivity contribution >= 4 is 0 Å². The van der Waals surface area contributed by atoms with Crippen molar-refractivity contribution in [3.05, 3.63) is 0 Å². The zero-order valence-electron chi connectivity index (χ0n) is 7.37. The highest BCUT2D eigenvalue weighted by Crippen LogP contribution is 2.54. The number of hydrogen-bond donors (Lipinski definition) is 2. The minimum absolute atomic E-state index is 0.0882. The van der Waals surface area contributed by atoms with Crippen molar-refractivity contribution in [1.82, 2.24) is 0 Å². The molecule has 0 spiro atoms. The van der Waals surface area contributed by atoms with Gasteiger partial charge in [0.15, 0.2) is 0 Å². The lowest BCUT2D eigenvalue weighted by atomic mass is 9.52. The highest BCUT2D eigenvalue weighted by Gasteiger charge is 2.54. The summed E-state index contributed by atoms with van der Waals surface area (Å²) in [6.07, 6.45) is 5.92. The third-order valence-corrected chi connectivity index (χ3v) is 4.35. The minimum Gasteiger partial charge on any atom is -0.388 e. The molecule has 0 aromatic heterocycles. The maximum absolute atomic E-state index is 10.2. The highest BCUT2D eigenvalue weighted by molar-refractivity contribution is 5.08. The molecule has 0 radical (unpaired) electrons. The summed E-state index contributed by atoms with van der Waals surface area (Å²) < 4.78 is 0. The van der Waals surface area contributed by atoms with E-state index in [1.165, 1.54) is 19.3 Å². The number of aliphatic hydroxyl groups is 1. The van der Waals surface area contributed by atoms with Gasteiger partial charge in [-0.05, 0) is 49.9 Å². The molecule has 68 valence electrons. The normalized spacial score (nSPS) is 62.5. The van der Waals surface area contributed by atoms with Crippen LogP contribution in [-0.2, 0) is 0 Å². The Morgan fingerprint density at radius 1 is 1.08 bits per heavy atom. The van der Waals surface area contributed by atoms with Gasteiger partial charge in [0.1, 0.15) is 0 Å². The Morgan fingerprint density at radius 2 is 1.67 bits per heavy atom. The van der Waals surface area contributed by atoms with Gasteiger partial charge in [-0.3, -0.25) is 0 Å². The van der Waals surface area contributed by atoms with E-state index in [-0.39, 0.29) is 6.04 Å². The SMILES string of the molecule is NC1C2C[C@@H]3C[C@@H](C2)CC1(O)C3. The molecule has 0 amide bonds. The molecule has 2 heteroatoms. The first-order valence-corrected chi connectivity index (χ1v) is 5.15. The fourth-order valence-corrected chi connectivity index (χ4v) is 4.04. The first-order valence-electron chi connectivity index (χ1n) is 5.15. The van der Waals surface area contributed by atoms with Crippen LogP contribution in [0.25, 0.3) is 0 Å². The molecule has 12 heavy (non-hydrogen) atoms. The second-order valence-electron chi connectivity index (χ2n) is 5.24. The molecule has 4 fully saturated rings. The van der Waals surface area contributed by atoms with Gasteiger partial charge in [0.25, 0.3) is 0 Å². The zero-order valence-corrected chi connectivity index (χ0v) is 7.37. The van der Waals surface area contributed by atoms with Crippen LogP contribution in [0.1, 0.15) is 32.1 Å². The molecule has 4 aliphatic carbocycles. The average molecular weight is 167 g/mol. The molecule has 0 aliphatic heterocycles. The van der Waals surface area contributed by atoms with E-state index >= 15 is 0 Å². The predicted octanol–water partition coefficient (Wildman–Crippen LogP) is 0.885. The van der Waals surface area contributed by atoms with Crippen molar-refractivity contribution in [3.63, 3.8) is 0 Å². The standard InChI is InChI=1S/C10H17NO/c11-9-8-2-6-1-7(3-8)5-10(9,12)4-6/h6-9,12H,1-5,11H2/t6-,7-,8?,9?,10?/m0/s1. The average Bonchev–Trinajstić information content (AvgIpc) is 1.98. The summed E-state index contributed by atoms with van der Waals surface area (Å²) in [6.45, 7) is 0. The predicted molar refractivity (Wildman–Crippen MR) is 46.5 cm³/mol. The number of hydrogen-bond acceptors (Lipinski definition) is 2. The van der Waals surface area contributed by atoms with Gasteiger partial charge in [-0.15, -0.1) is 0 Å². The number of rotatable bonds is 0. The summed E-state index contributed by atoms with van der Waals surface area (Å²) in [6, 6.07) is 0.0882. The van der Waals surface area contributed by atoms with E-state index < -0.39 is 5.60 Å². The highest BCUT2D eigenvalue weighted by atomic mass is 16.3. The molecule has 3 atom stereocenters. The summed E-state index contributed by atoms with van der Waals surface area (Å²) in [7, 11) is 0. The molecule has 0 heterocycles. The van der Waals surface area contributed by atoms with Crippen molar-refractivity contribution < 1.29 is 5.11 Å². The largest absolute Gasteiger partial charge is 0.388 e. The summed E-state index contributed by atoms with van der Waals surface area (Å²) in [4.78, 5) is 0. The van der Waals surface area contributed by atoms with Gasteiger partial charge >= 0.3 is 0 Å². The van der Waals surface area contributed by atoms with Crippen LogP contribution in [-0.4, -0.2) is 16.7 Å². The van der Waals surface area contributed by atoms with Crippen LogP contribution < -0.4 is 5.73 Å². The third-order valence-electron chi connectivity index (χ3n) is 4.35. The molecule has 1 unspecified atom stereocenters. The molecule has 0 aromatic rings. The topological polar surface area (TPSA) is 46.2 Å². The van der Waals surface area contributed by atoms with Crippen LogP contribution in [0.5, 0.6) is 0 Å². The Balaban J connectivity index is 1.97. The Hall–Kier alpha value is -0.0800. The number of nitrogens with two attached hydrogens (primary N) is 1. The second-order valence-corrected chi connectivity index (χ2v) is 5.24. The van der Waals surface area contributed by atoms with Crippen molar-refractivity contribution in [3.8, 4) is 0 Å². The summed E-state index contributed by atoms with van der Waals surface area (Å²) in [5, 5.41) is 10.2. The van der Waals surface area contributed by atoms with E-state index in [2.05, 4.69) is 0 Å². The first kappa shape index (κ1) is 7.34. The molecule has 3 N–H and O–H groups in total. The van der Waals surface area contributed by atoms with Crippen LogP contribution in [0.2, 0.25) is 0 Å². The van der Waals surface area contributed by atoms with Gasteiger partial charge in [-0.2, -0.15) is 0 Å². The fraction of sp³-hybridized carbons (Fsp3) is 1.00. The van der Waals surface area contributed by atoms with Crippen molar-refractivity contribution in [2.24, 2.45) is 23.5 Å². The summed E-state index contributed by atoms with van der Waals surface area (Å²) >= 11 is 0. The van der Waals surface area contributed by atoms with E-state index in [4.69, 9.17) is 5.73 Å². The Morgan fingerprint density at radius 3 is 2.17 bits per heavy atom. The van der Waals surface area contributed by atoms with E-state index in [0.29, 0.717) is 5.92 Å². The van der Waals surface area contributed by atoms with Gasteiger partial charge in [-0.25, -0.2) is 0 Å². The van der Waals surface area contributed by atoms with Gasteiger partial charge in [-0.1, -0.05) is 0 Å². The minimum atomic E-state index is -0.464. The monoisotopic (exact) mass is 167 g/mol. The smallest absolute Gasteiger partial charge is 0.0805 e. The van der Waals surface area contributed by atoms with Gasteiger partial charge in [0, 0.05) is 6.04 Å². The molecule has 0 aromatic carbocycles. The second kappa shape index (κ2) is 2.05. The van der Waals surface area contributed by atoms with Crippen molar-refractivity contribution in [2.75, 3.05) is 0 Å². The molecule has 4 rings (SSSR count). The van der Waals surface area contributed by atoms with Crippen LogP contribution in [0, 0.1) is 17.8 Å². The van der Waals surface area contributed by atoms with E-state index in [0.717, 1.165) is 24.7 Å². The van der Waals surface area contributed by atoms with Gasteiger partial charge < -0.3 is 10.8 Å². The summed E-state index contributed by atoms with van der Waals surface area (Å²) in [5.74, 6) is 2.24. The Kier molecular flexibility index (Phi) is 1.25. The molecular formula is C10H17NO. The van der Waals surface area contributed by atoms with E-state index in [9.17, 15) is 5.11 Å². The van der Waals surface area contributed by atoms with E-state index in [1.54, 1.807) is 0 Å². The van der Waals surface area contributed by atoms with Crippen LogP contribution in [0.3, 0.4) is 0 Å². The van der Waals surface area contributed by atoms with Gasteiger partial charge in [0.05, 0.1) is 5.60 Å². The maximum Gasteiger partial charge on any atom is 0.0805 e. The van der Waals surface area contributed by atoms with Crippen LogP contribution in [0.4, 0.5) is 0 Å². The quantitative estimate of drug-likeness (QED) is 0.562.